The van der Waals surface area contributed by atoms with Crippen molar-refractivity contribution in [2.24, 2.45) is 0 Å². The molecule has 0 N–H and O–H groups in total. The van der Waals surface area contributed by atoms with Gasteiger partial charge in [-0.1, -0.05) is 41.4 Å². The van der Waals surface area contributed by atoms with E-state index in [2.05, 4.69) is 48.1 Å². The smallest absolute Gasteiger partial charge is 0.183 e. The number of hydrogen-bond donors (Lipinski definition) is 0. The van der Waals surface area contributed by atoms with E-state index < -0.39 is 0 Å². The SMILES string of the molecule is Cc1ccc(CN(C)Cc2cnc(Cl)s2)cc1. The van der Waals surface area contributed by atoms with E-state index in [-0.39, 0.29) is 0 Å². The highest BCUT2D eigenvalue weighted by Crippen LogP contribution is 2.19. The molecule has 90 valence electrons. The molecule has 0 spiro atoms. The van der Waals surface area contributed by atoms with E-state index in [4.69, 9.17) is 11.6 Å². The summed E-state index contributed by atoms with van der Waals surface area (Å²) in [4.78, 5) is 7.50. The standard InChI is InChI=1S/C13H15ClN2S/c1-10-3-5-11(6-4-10)8-16(2)9-12-7-15-13(14)17-12/h3-7H,8-9H2,1-2H3. The van der Waals surface area contributed by atoms with Gasteiger partial charge in [-0.25, -0.2) is 4.98 Å². The van der Waals surface area contributed by atoms with Crippen LogP contribution in [-0.2, 0) is 13.1 Å². The molecule has 0 radical (unpaired) electrons. The summed E-state index contributed by atoms with van der Waals surface area (Å²) in [5.41, 5.74) is 2.62. The second-order valence-corrected chi connectivity index (χ2v) is 5.93. The highest BCUT2D eigenvalue weighted by atomic mass is 35.5. The van der Waals surface area contributed by atoms with Crippen LogP contribution < -0.4 is 0 Å². The van der Waals surface area contributed by atoms with Gasteiger partial charge in [0.15, 0.2) is 4.47 Å². The summed E-state index contributed by atoms with van der Waals surface area (Å²) < 4.78 is 0.615. The van der Waals surface area contributed by atoms with Crippen molar-refractivity contribution in [1.82, 2.24) is 9.88 Å². The Morgan fingerprint density at radius 1 is 1.24 bits per heavy atom. The predicted molar refractivity (Wildman–Crippen MR) is 73.5 cm³/mol. The van der Waals surface area contributed by atoms with Gasteiger partial charge in [-0.05, 0) is 19.5 Å². The van der Waals surface area contributed by atoms with Crippen LogP contribution in [0, 0.1) is 6.92 Å². The topological polar surface area (TPSA) is 16.1 Å². The maximum atomic E-state index is 5.81. The van der Waals surface area contributed by atoms with Crippen molar-refractivity contribution in [3.8, 4) is 0 Å². The number of hydrogen-bond acceptors (Lipinski definition) is 3. The summed E-state index contributed by atoms with van der Waals surface area (Å²) >= 11 is 7.35. The summed E-state index contributed by atoms with van der Waals surface area (Å²) in [5.74, 6) is 0. The lowest BCUT2D eigenvalue weighted by molar-refractivity contribution is 0.322. The lowest BCUT2D eigenvalue weighted by atomic mass is 10.1. The highest BCUT2D eigenvalue weighted by molar-refractivity contribution is 7.15. The molecule has 0 atom stereocenters. The molecule has 0 unspecified atom stereocenters. The molecule has 1 aromatic carbocycles. The molecule has 0 saturated carbocycles. The van der Waals surface area contributed by atoms with Gasteiger partial charge in [-0.3, -0.25) is 4.90 Å². The van der Waals surface area contributed by atoms with Gasteiger partial charge in [0.05, 0.1) is 0 Å². The van der Waals surface area contributed by atoms with Gasteiger partial charge in [0.25, 0.3) is 0 Å². The fourth-order valence-electron chi connectivity index (χ4n) is 1.68. The Balaban J connectivity index is 1.93. The molecule has 0 amide bonds. The van der Waals surface area contributed by atoms with Crippen LogP contribution in [0.3, 0.4) is 0 Å². The summed E-state index contributed by atoms with van der Waals surface area (Å²) in [5, 5.41) is 0. The lowest BCUT2D eigenvalue weighted by Gasteiger charge is -2.15. The Bertz CT molecular complexity index is 478. The zero-order chi connectivity index (χ0) is 12.3. The zero-order valence-corrected chi connectivity index (χ0v) is 11.6. The van der Waals surface area contributed by atoms with Crippen LogP contribution in [0.2, 0.25) is 4.47 Å². The van der Waals surface area contributed by atoms with Gasteiger partial charge in [-0.15, -0.1) is 11.3 Å². The van der Waals surface area contributed by atoms with E-state index in [1.54, 1.807) is 11.3 Å². The van der Waals surface area contributed by atoms with E-state index in [1.165, 1.54) is 16.0 Å². The first-order valence-electron chi connectivity index (χ1n) is 5.48. The first-order valence-corrected chi connectivity index (χ1v) is 6.67. The van der Waals surface area contributed by atoms with Gasteiger partial charge in [0.2, 0.25) is 0 Å². The van der Waals surface area contributed by atoms with Crippen molar-refractivity contribution in [3.63, 3.8) is 0 Å². The average molecular weight is 267 g/mol. The summed E-state index contributed by atoms with van der Waals surface area (Å²) in [6.45, 7) is 3.93. The molecular formula is C13H15ClN2S. The Kier molecular flexibility index (Phi) is 4.15. The van der Waals surface area contributed by atoms with Gasteiger partial charge >= 0.3 is 0 Å². The normalized spacial score (nSPS) is 11.1. The molecule has 2 rings (SSSR count). The first-order chi connectivity index (χ1) is 8.13. The molecule has 0 aliphatic heterocycles. The summed E-state index contributed by atoms with van der Waals surface area (Å²) in [6.07, 6.45) is 1.85. The Morgan fingerprint density at radius 2 is 1.94 bits per heavy atom. The van der Waals surface area contributed by atoms with E-state index in [0.717, 1.165) is 13.1 Å². The van der Waals surface area contributed by atoms with Gasteiger partial charge in [0.1, 0.15) is 0 Å². The van der Waals surface area contributed by atoms with E-state index >= 15 is 0 Å². The van der Waals surface area contributed by atoms with Crippen LogP contribution in [0.5, 0.6) is 0 Å². The van der Waals surface area contributed by atoms with Crippen molar-refractivity contribution < 1.29 is 0 Å². The van der Waals surface area contributed by atoms with Crippen molar-refractivity contribution in [3.05, 3.63) is 50.9 Å². The van der Waals surface area contributed by atoms with Crippen LogP contribution in [0.25, 0.3) is 0 Å². The third-order valence-corrected chi connectivity index (χ3v) is 3.62. The molecule has 17 heavy (non-hydrogen) atoms. The molecule has 1 heterocycles. The maximum absolute atomic E-state index is 5.81. The average Bonchev–Trinajstić information content (AvgIpc) is 2.67. The van der Waals surface area contributed by atoms with Crippen molar-refractivity contribution in [2.45, 2.75) is 20.0 Å². The Labute approximate surface area is 111 Å². The molecule has 0 aliphatic carbocycles. The number of aryl methyl sites for hydroxylation is 1. The van der Waals surface area contributed by atoms with E-state index in [1.807, 2.05) is 6.20 Å². The molecule has 2 aromatic rings. The first kappa shape index (κ1) is 12.6. The Hall–Kier alpha value is -0.900. The van der Waals surface area contributed by atoms with Crippen LogP contribution in [0.1, 0.15) is 16.0 Å². The highest BCUT2D eigenvalue weighted by Gasteiger charge is 2.04. The minimum atomic E-state index is 0.615. The summed E-state index contributed by atoms with van der Waals surface area (Å²) in [6, 6.07) is 8.64. The third kappa shape index (κ3) is 3.80. The predicted octanol–water partition coefficient (Wildman–Crippen LogP) is 3.74. The molecule has 0 fully saturated rings. The molecule has 2 nitrogen and oxygen atoms in total. The van der Waals surface area contributed by atoms with Crippen LogP contribution >= 0.6 is 22.9 Å². The fourth-order valence-corrected chi connectivity index (χ4v) is 2.74. The minimum Gasteiger partial charge on any atom is -0.297 e. The van der Waals surface area contributed by atoms with Gasteiger partial charge in [-0.2, -0.15) is 0 Å². The molecule has 0 saturated heterocycles. The monoisotopic (exact) mass is 266 g/mol. The number of rotatable bonds is 4. The molecule has 0 aliphatic rings. The molecule has 0 bridgehead atoms. The van der Waals surface area contributed by atoms with Crippen molar-refractivity contribution >= 4 is 22.9 Å². The third-order valence-electron chi connectivity index (χ3n) is 2.52. The lowest BCUT2D eigenvalue weighted by Crippen LogP contribution is -2.16. The van der Waals surface area contributed by atoms with Crippen molar-refractivity contribution in [2.75, 3.05) is 7.05 Å². The van der Waals surface area contributed by atoms with Crippen LogP contribution in [-0.4, -0.2) is 16.9 Å². The largest absolute Gasteiger partial charge is 0.297 e. The van der Waals surface area contributed by atoms with Crippen molar-refractivity contribution in [1.29, 1.82) is 0 Å². The van der Waals surface area contributed by atoms with E-state index in [0.29, 0.717) is 4.47 Å². The quantitative estimate of drug-likeness (QED) is 0.838. The Morgan fingerprint density at radius 3 is 2.53 bits per heavy atom. The zero-order valence-electron chi connectivity index (χ0n) is 9.98. The number of aromatic nitrogens is 1. The summed E-state index contributed by atoms with van der Waals surface area (Å²) in [7, 11) is 2.10. The molecular weight excluding hydrogens is 252 g/mol. The number of nitrogens with zero attached hydrogens (tertiary/aromatic N) is 2. The van der Waals surface area contributed by atoms with Crippen LogP contribution in [0.4, 0.5) is 0 Å². The fraction of sp³-hybridized carbons (Fsp3) is 0.308. The van der Waals surface area contributed by atoms with Gasteiger partial charge < -0.3 is 0 Å². The second kappa shape index (κ2) is 5.63. The second-order valence-electron chi connectivity index (χ2n) is 4.24. The minimum absolute atomic E-state index is 0.615. The number of thiazole rings is 1. The molecule has 4 heteroatoms. The number of halogens is 1. The van der Waals surface area contributed by atoms with Crippen LogP contribution in [0.15, 0.2) is 30.5 Å². The molecule has 1 aromatic heterocycles. The van der Waals surface area contributed by atoms with E-state index in [9.17, 15) is 0 Å². The van der Waals surface area contributed by atoms with Gasteiger partial charge in [0, 0.05) is 24.2 Å². The maximum Gasteiger partial charge on any atom is 0.183 e. The number of benzene rings is 1.